The van der Waals surface area contributed by atoms with Crippen LogP contribution in [0, 0.1) is 0 Å². The van der Waals surface area contributed by atoms with Crippen LogP contribution in [0.25, 0.3) is 0 Å². The van der Waals surface area contributed by atoms with Crippen molar-refractivity contribution in [2.24, 2.45) is 68.8 Å². The summed E-state index contributed by atoms with van der Waals surface area (Å²) in [6.07, 6.45) is -40.2. The summed E-state index contributed by atoms with van der Waals surface area (Å²) >= 11 is 0. The smallest absolute Gasteiger partial charge is 0.187 e. The fourth-order valence-corrected chi connectivity index (χ4v) is 13.1. The lowest BCUT2D eigenvalue weighted by Crippen LogP contribution is -2.68. The van der Waals surface area contributed by atoms with Crippen LogP contribution in [-0.2, 0) is 87.9 Å². The van der Waals surface area contributed by atoms with Crippen molar-refractivity contribution in [1.29, 1.82) is 0 Å². The molecule has 43 nitrogen and oxygen atoms in total. The van der Waals surface area contributed by atoms with Crippen LogP contribution in [0.4, 0.5) is 0 Å². The summed E-state index contributed by atoms with van der Waals surface area (Å²) in [5, 5.41) is 149. The van der Waals surface area contributed by atoms with E-state index in [4.69, 9.17) is 130 Å². The number of ether oxygens (including phenoxy) is 13. The van der Waals surface area contributed by atoms with E-state index in [1.165, 1.54) is 21.8 Å². The van der Waals surface area contributed by atoms with E-state index >= 15 is 0 Å². The van der Waals surface area contributed by atoms with E-state index in [1.807, 2.05) is 0 Å². The van der Waals surface area contributed by atoms with E-state index in [2.05, 4.69) is 20.6 Å². The molecule has 0 spiro atoms. The van der Waals surface area contributed by atoms with Gasteiger partial charge in [-0.2, -0.15) is 0 Å². The van der Waals surface area contributed by atoms with Crippen LogP contribution in [0.3, 0.4) is 0 Å². The quantitative estimate of drug-likeness (QED) is 0.0464. The largest absolute Gasteiger partial charge is 0.389 e. The van der Waals surface area contributed by atoms with Crippen LogP contribution in [0.2, 0.25) is 0 Å². The second kappa shape index (κ2) is 31.8. The lowest BCUT2D eigenvalue weighted by atomic mass is 9.84. The average Bonchev–Trinajstić information content (AvgIpc) is 1.72. The minimum atomic E-state index is -1.74. The molecule has 6 saturated heterocycles. The summed E-state index contributed by atoms with van der Waals surface area (Å²) in [5.41, 5.74) is 74.5. The van der Waals surface area contributed by atoms with E-state index in [1.54, 1.807) is 0 Å². The Bertz CT molecular complexity index is 2540. The number of nitrogens with zero attached hydrogens (tertiary/aromatic N) is 6. The minimum absolute atomic E-state index is 0.00310. The molecule has 10 rings (SSSR count). The first kappa shape index (κ1) is 74.5. The lowest BCUT2D eigenvalue weighted by Gasteiger charge is -2.47. The van der Waals surface area contributed by atoms with Gasteiger partial charge in [0.15, 0.2) is 37.7 Å². The highest BCUT2D eigenvalue weighted by Crippen LogP contribution is 2.38. The number of hydrogen-bond acceptors (Lipinski definition) is 41. The van der Waals surface area contributed by atoms with Gasteiger partial charge in [0.25, 0.3) is 0 Å². The minimum Gasteiger partial charge on any atom is -0.389 e. The van der Waals surface area contributed by atoms with E-state index in [9.17, 15) is 61.3 Å². The van der Waals surface area contributed by atoms with Crippen LogP contribution in [0.15, 0.2) is 12.4 Å². The number of aliphatic hydroxyl groups excluding tert-OH is 12. The van der Waals surface area contributed by atoms with Crippen LogP contribution in [0.5, 0.6) is 0 Å². The Kier molecular flexibility index (Phi) is 24.9. The van der Waals surface area contributed by atoms with Gasteiger partial charge in [0.05, 0.1) is 75.1 Å². The van der Waals surface area contributed by atoms with Gasteiger partial charge < -0.3 is 192 Å². The van der Waals surface area contributed by atoms with Gasteiger partial charge in [-0.25, -0.2) is 9.36 Å². The third-order valence-electron chi connectivity index (χ3n) is 18.8. The second-order valence-electron chi connectivity index (χ2n) is 25.5. The SMILES string of the molecule is NCC1O[C@@H](OC2C(N)C[C@@H](N)C(O)[C@H]2O[C@@H]2O[C@H](Cn3cc(COCc4cn(C[C@H]5O[C@@H](O[C@H]6C(O[C@@H]7OC(CN)C(O)[C@H](O)C7N)C(N)C[C@@H](N)C6O)[C@@H](O)C5O[C@H]5O[C@@H](CN)C(O)C(O)C5N)nn4)nn3)C(O[C@H]3O[C@@H](CN)C(O)C(O)C3N)[C@@H]2O)C(N)[C@@H](O)C1O. The maximum atomic E-state index is 12.0. The predicted octanol–water partition coefficient (Wildman–Crippen LogP) is -17.2. The molecule has 0 amide bonds. The molecule has 8 fully saturated rings. The van der Waals surface area contributed by atoms with Crippen LogP contribution in [-0.4, -0.2) is 350 Å². The first-order valence-electron chi connectivity index (χ1n) is 31.4. The van der Waals surface area contributed by atoms with Crippen molar-refractivity contribution >= 4 is 0 Å². The Hall–Kier alpha value is -3.20. The zero-order chi connectivity index (χ0) is 68.8. The van der Waals surface area contributed by atoms with Gasteiger partial charge in [0, 0.05) is 50.3 Å². The van der Waals surface area contributed by atoms with E-state index in [0.29, 0.717) is 0 Å². The summed E-state index contributed by atoms with van der Waals surface area (Å²) in [4.78, 5) is 0. The Morgan fingerprint density at radius 1 is 0.337 bits per heavy atom. The molecule has 544 valence electrons. The summed E-state index contributed by atoms with van der Waals surface area (Å²) in [6, 6.07) is -9.30. The molecule has 8 aliphatic rings. The van der Waals surface area contributed by atoms with E-state index in [0.717, 1.165) is 0 Å². The summed E-state index contributed by atoms with van der Waals surface area (Å²) in [5.74, 6) is 0. The molecule has 6 aliphatic heterocycles. The van der Waals surface area contributed by atoms with Gasteiger partial charge >= 0.3 is 0 Å². The van der Waals surface area contributed by atoms with Gasteiger partial charge in [-0.1, -0.05) is 10.4 Å². The summed E-state index contributed by atoms with van der Waals surface area (Å²) < 4.78 is 82.0. The maximum Gasteiger partial charge on any atom is 0.187 e. The predicted molar refractivity (Wildman–Crippen MR) is 311 cm³/mol. The molecule has 43 heteroatoms. The van der Waals surface area contributed by atoms with Crippen LogP contribution in [0.1, 0.15) is 24.2 Å². The average molecular weight is 1370 g/mol. The summed E-state index contributed by atoms with van der Waals surface area (Å²) in [7, 11) is 0. The third-order valence-corrected chi connectivity index (χ3v) is 18.8. The second-order valence-corrected chi connectivity index (χ2v) is 25.5. The van der Waals surface area contributed by atoms with Gasteiger partial charge in [0.1, 0.15) is 146 Å². The van der Waals surface area contributed by atoms with Crippen molar-refractivity contribution < 1.29 is 123 Å². The Labute approximate surface area is 542 Å². The van der Waals surface area contributed by atoms with Gasteiger partial charge in [0.2, 0.25) is 0 Å². The Morgan fingerprint density at radius 2 is 0.611 bits per heavy atom. The maximum absolute atomic E-state index is 12.0. The topological polar surface area (TPSA) is 736 Å². The van der Waals surface area contributed by atoms with Crippen molar-refractivity contribution in [1.82, 2.24) is 30.0 Å². The molecule has 2 aromatic heterocycles. The number of hydrogen-bond donors (Lipinski definition) is 24. The van der Waals surface area contributed by atoms with Crippen molar-refractivity contribution in [2.75, 3.05) is 26.2 Å². The van der Waals surface area contributed by atoms with Crippen molar-refractivity contribution in [2.45, 2.75) is 272 Å². The Balaban J connectivity index is 0.812. The highest BCUT2D eigenvalue weighted by atomic mass is 16.8. The Morgan fingerprint density at radius 3 is 0.905 bits per heavy atom. The third kappa shape index (κ3) is 15.8. The van der Waals surface area contributed by atoms with E-state index in [-0.39, 0.29) is 76.7 Å². The standard InChI is InChI=1S/C52H96N18O25/c53-3-19-31(73)35(77)25(61)47(84-19)90-41-17(59)1-15(57)29(71)45(41)94-51-39(81)43(92-49-27(63)37(79)33(75)21(5-55)86-49)23(88-51)9-69-7-13(65-67-69)11-83-12-14-8-70(68-66-14)10-24-44(93-50-28(64)38(80)34(76)22(6-56)87-50)40(82)52(89-24)95-46-30(72)16(58)2-18(60)42(46)91-48-26(62)36(78)32(74)20(4-54)85-48/h7-8,15-52,71-82H,1-6,9-12,53-64H2/t15-,16-,17?,18?,19?,20?,21+,22+,23-,24-,25?,26?,27?,28?,29?,30?,31?,32?,33?,34?,35-,36-,37?,38?,39+,40+,41?,42?,43?,44?,45-,46-,47+,48+,49-,50-,51+,52+/m1/s1. The number of nitrogens with two attached hydrogens (primary N) is 12. The first-order chi connectivity index (χ1) is 45.2. The van der Waals surface area contributed by atoms with Crippen LogP contribution < -0.4 is 68.8 Å². The molecule has 2 aliphatic carbocycles. The number of aromatic nitrogens is 6. The summed E-state index contributed by atoms with van der Waals surface area (Å²) in [6.45, 7) is -1.77. The fourth-order valence-electron chi connectivity index (χ4n) is 13.1. The first-order valence-corrected chi connectivity index (χ1v) is 31.4. The molecule has 0 radical (unpaired) electrons. The molecule has 2 saturated carbocycles. The zero-order valence-corrected chi connectivity index (χ0v) is 51.5. The highest BCUT2D eigenvalue weighted by molar-refractivity contribution is 5.06. The molecule has 8 heterocycles. The number of aliphatic hydroxyl groups is 12. The monoisotopic (exact) mass is 1370 g/mol. The molecule has 20 unspecified atom stereocenters. The van der Waals surface area contributed by atoms with E-state index < -0.39 is 233 Å². The molecular formula is C52H96N18O25. The van der Waals surface area contributed by atoms with Gasteiger partial charge in [-0.3, -0.25) is 0 Å². The number of rotatable bonds is 24. The van der Waals surface area contributed by atoms with Crippen molar-refractivity contribution in [3.05, 3.63) is 23.8 Å². The molecule has 36 N–H and O–H groups in total. The van der Waals surface area contributed by atoms with Crippen molar-refractivity contribution in [3.8, 4) is 0 Å². The molecule has 2 aromatic rings. The van der Waals surface area contributed by atoms with Gasteiger partial charge in [-0.05, 0) is 12.8 Å². The molecule has 0 bridgehead atoms. The zero-order valence-electron chi connectivity index (χ0n) is 51.5. The van der Waals surface area contributed by atoms with Crippen molar-refractivity contribution in [3.63, 3.8) is 0 Å². The fraction of sp³-hybridized carbons (Fsp3) is 0.923. The highest BCUT2D eigenvalue weighted by Gasteiger charge is 2.58. The normalized spacial score (nSPS) is 49.1. The molecular weight excluding hydrogens is 1280 g/mol. The van der Waals surface area contributed by atoms with Crippen LogP contribution >= 0.6 is 0 Å². The van der Waals surface area contributed by atoms with Gasteiger partial charge in [-0.15, -0.1) is 10.2 Å². The molecule has 38 atom stereocenters. The molecule has 95 heavy (non-hydrogen) atoms. The molecule has 0 aromatic carbocycles. The lowest BCUT2D eigenvalue weighted by molar-refractivity contribution is -0.306.